The maximum absolute atomic E-state index is 13.0. The van der Waals surface area contributed by atoms with Crippen LogP contribution < -0.4 is 11.5 Å². The number of hydrogen-bond donors (Lipinski definition) is 2. The molecule has 0 saturated heterocycles. The number of aromatic nitrogens is 1. The summed E-state index contributed by atoms with van der Waals surface area (Å²) in [5.74, 6) is 0.501. The van der Waals surface area contributed by atoms with Gasteiger partial charge in [-0.3, -0.25) is 0 Å². The lowest BCUT2D eigenvalue weighted by Crippen LogP contribution is -2.44. The van der Waals surface area contributed by atoms with Crippen molar-refractivity contribution in [2.75, 3.05) is 18.0 Å². The smallest absolute Gasteiger partial charge is 0.410 e. The van der Waals surface area contributed by atoms with E-state index in [9.17, 15) is 4.79 Å². The van der Waals surface area contributed by atoms with Gasteiger partial charge in [-0.25, -0.2) is 9.78 Å². The molecule has 32 heavy (non-hydrogen) atoms. The summed E-state index contributed by atoms with van der Waals surface area (Å²) >= 11 is 0. The number of carbonyl (C=O) groups excluding carboxylic acids is 1. The fourth-order valence-electron chi connectivity index (χ4n) is 4.07. The first-order valence-corrected chi connectivity index (χ1v) is 10.9. The van der Waals surface area contributed by atoms with Crippen LogP contribution in [0.3, 0.4) is 0 Å². The summed E-state index contributed by atoms with van der Waals surface area (Å²) in [5.41, 5.74) is 17.3. The average Bonchev–Trinajstić information content (AvgIpc) is 2.73. The maximum Gasteiger partial charge on any atom is 0.410 e. The topological polar surface area (TPSA) is 94.5 Å². The molecule has 166 valence electrons. The van der Waals surface area contributed by atoms with E-state index in [4.69, 9.17) is 16.2 Å². The summed E-state index contributed by atoms with van der Waals surface area (Å²) in [7, 11) is 0. The van der Waals surface area contributed by atoms with Crippen LogP contribution in [-0.2, 0) is 17.6 Å². The summed E-state index contributed by atoms with van der Waals surface area (Å²) in [6.45, 7) is 6.20. The third-order valence-corrected chi connectivity index (χ3v) is 5.61. The molecule has 1 aliphatic rings. The van der Waals surface area contributed by atoms with Crippen molar-refractivity contribution in [3.8, 4) is 11.1 Å². The predicted octanol–water partition coefficient (Wildman–Crippen LogP) is 4.99. The summed E-state index contributed by atoms with van der Waals surface area (Å²) in [4.78, 5) is 19.3. The molecule has 0 bridgehead atoms. The molecule has 2 heterocycles. The standard InChI is InChI=1S/C26H30N4O2/c1-26(2,3)32-25(31)30-15-14-22-21(12-13-24(28)29-22)23(30)16-17-4-6-18(7-5-17)19-8-10-20(27)11-9-19/h4-13,23H,14-16,27H2,1-3H3,(H2,28,29). The van der Waals surface area contributed by atoms with Crippen LogP contribution in [-0.4, -0.2) is 28.1 Å². The van der Waals surface area contributed by atoms with Gasteiger partial charge in [0.2, 0.25) is 0 Å². The van der Waals surface area contributed by atoms with Gasteiger partial charge in [0, 0.05) is 24.3 Å². The molecule has 4 rings (SSSR count). The number of fused-ring (bicyclic) bond motifs is 1. The van der Waals surface area contributed by atoms with Gasteiger partial charge < -0.3 is 21.1 Å². The molecular weight excluding hydrogens is 400 g/mol. The number of rotatable bonds is 3. The quantitative estimate of drug-likeness (QED) is 0.571. The number of nitrogens with zero attached hydrogens (tertiary/aromatic N) is 2. The highest BCUT2D eigenvalue weighted by molar-refractivity contribution is 5.70. The van der Waals surface area contributed by atoms with Crippen LogP contribution in [0.4, 0.5) is 16.3 Å². The van der Waals surface area contributed by atoms with Crippen LogP contribution in [0.5, 0.6) is 0 Å². The summed E-state index contributed by atoms with van der Waals surface area (Å²) < 4.78 is 5.70. The number of nitrogen functional groups attached to an aromatic ring is 2. The Morgan fingerprint density at radius 3 is 2.25 bits per heavy atom. The fourth-order valence-corrected chi connectivity index (χ4v) is 4.07. The highest BCUT2D eigenvalue weighted by Gasteiger charge is 2.34. The van der Waals surface area contributed by atoms with Gasteiger partial charge in [0.1, 0.15) is 11.4 Å². The maximum atomic E-state index is 13.0. The molecule has 0 aliphatic carbocycles. The zero-order valence-corrected chi connectivity index (χ0v) is 18.8. The van der Waals surface area contributed by atoms with Crippen molar-refractivity contribution in [3.63, 3.8) is 0 Å². The lowest BCUT2D eigenvalue weighted by Gasteiger charge is -2.38. The van der Waals surface area contributed by atoms with Crippen molar-refractivity contribution in [1.29, 1.82) is 0 Å². The Kier molecular flexibility index (Phi) is 5.78. The van der Waals surface area contributed by atoms with Gasteiger partial charge in [-0.15, -0.1) is 0 Å². The Morgan fingerprint density at radius 2 is 1.62 bits per heavy atom. The van der Waals surface area contributed by atoms with Crippen molar-refractivity contribution in [3.05, 3.63) is 77.5 Å². The van der Waals surface area contributed by atoms with Gasteiger partial charge in [0.25, 0.3) is 0 Å². The monoisotopic (exact) mass is 430 g/mol. The molecule has 1 aromatic heterocycles. The van der Waals surface area contributed by atoms with Gasteiger partial charge in [0.05, 0.1) is 6.04 Å². The molecule has 2 aromatic carbocycles. The van der Waals surface area contributed by atoms with E-state index < -0.39 is 5.60 Å². The SMILES string of the molecule is CC(C)(C)OC(=O)N1CCc2nc(N)ccc2C1Cc1ccc(-c2ccc(N)cc2)cc1. The van der Waals surface area contributed by atoms with Crippen LogP contribution in [0.1, 0.15) is 43.6 Å². The van der Waals surface area contributed by atoms with E-state index in [1.165, 1.54) is 0 Å². The first-order chi connectivity index (χ1) is 15.2. The van der Waals surface area contributed by atoms with E-state index >= 15 is 0 Å². The highest BCUT2D eigenvalue weighted by Crippen LogP contribution is 2.34. The molecule has 4 N–H and O–H groups in total. The minimum Gasteiger partial charge on any atom is -0.444 e. The van der Waals surface area contributed by atoms with Gasteiger partial charge >= 0.3 is 6.09 Å². The Bertz CT molecular complexity index is 1100. The first kappa shape index (κ1) is 21.7. The van der Waals surface area contributed by atoms with Crippen molar-refractivity contribution in [2.45, 2.75) is 45.3 Å². The number of ether oxygens (including phenoxy) is 1. The Morgan fingerprint density at radius 1 is 1.00 bits per heavy atom. The molecule has 0 saturated carbocycles. The molecule has 1 amide bonds. The van der Waals surface area contributed by atoms with Crippen LogP contribution in [0.25, 0.3) is 11.1 Å². The molecule has 0 fully saturated rings. The van der Waals surface area contributed by atoms with E-state index in [0.717, 1.165) is 33.6 Å². The summed E-state index contributed by atoms with van der Waals surface area (Å²) in [6.07, 6.45) is 1.02. The molecule has 6 nitrogen and oxygen atoms in total. The molecular formula is C26H30N4O2. The summed E-state index contributed by atoms with van der Waals surface area (Å²) in [5, 5.41) is 0. The van der Waals surface area contributed by atoms with Gasteiger partial charge in [-0.1, -0.05) is 42.5 Å². The van der Waals surface area contributed by atoms with Crippen molar-refractivity contribution in [1.82, 2.24) is 9.88 Å². The number of nitrogens with two attached hydrogens (primary N) is 2. The first-order valence-electron chi connectivity index (χ1n) is 10.9. The minimum atomic E-state index is -0.554. The van der Waals surface area contributed by atoms with Crippen LogP contribution >= 0.6 is 0 Å². The molecule has 0 radical (unpaired) electrons. The normalized spacial score (nSPS) is 15.8. The van der Waals surface area contributed by atoms with E-state index in [2.05, 4.69) is 29.2 Å². The molecule has 6 heteroatoms. The lowest BCUT2D eigenvalue weighted by atomic mass is 9.91. The van der Waals surface area contributed by atoms with Gasteiger partial charge in [-0.2, -0.15) is 0 Å². The number of benzene rings is 2. The van der Waals surface area contributed by atoms with Gasteiger partial charge in [-0.05, 0) is 67.6 Å². The molecule has 1 aliphatic heterocycles. The largest absolute Gasteiger partial charge is 0.444 e. The zero-order valence-electron chi connectivity index (χ0n) is 18.8. The van der Waals surface area contributed by atoms with E-state index in [1.807, 2.05) is 56.0 Å². The second-order valence-electron chi connectivity index (χ2n) is 9.23. The van der Waals surface area contributed by atoms with Crippen LogP contribution in [0.2, 0.25) is 0 Å². The summed E-state index contributed by atoms with van der Waals surface area (Å²) in [6, 6.07) is 19.9. The molecule has 1 atom stereocenters. The van der Waals surface area contributed by atoms with Crippen molar-refractivity contribution >= 4 is 17.6 Å². The zero-order chi connectivity index (χ0) is 22.9. The van der Waals surface area contributed by atoms with Crippen molar-refractivity contribution in [2.24, 2.45) is 0 Å². The minimum absolute atomic E-state index is 0.163. The average molecular weight is 431 g/mol. The molecule has 3 aromatic rings. The van der Waals surface area contributed by atoms with Crippen LogP contribution in [0, 0.1) is 0 Å². The number of amides is 1. The Balaban J connectivity index is 1.62. The fraction of sp³-hybridized carbons (Fsp3) is 0.308. The Hall–Kier alpha value is -3.54. The second kappa shape index (κ2) is 8.54. The predicted molar refractivity (Wildman–Crippen MR) is 128 cm³/mol. The van der Waals surface area contributed by atoms with E-state index in [1.54, 1.807) is 6.07 Å². The molecule has 0 spiro atoms. The van der Waals surface area contributed by atoms with E-state index in [-0.39, 0.29) is 12.1 Å². The second-order valence-corrected chi connectivity index (χ2v) is 9.23. The van der Waals surface area contributed by atoms with Gasteiger partial charge in [0.15, 0.2) is 0 Å². The number of anilines is 2. The number of hydrogen-bond acceptors (Lipinski definition) is 5. The lowest BCUT2D eigenvalue weighted by molar-refractivity contribution is 0.0140. The Labute approximate surface area is 189 Å². The number of pyridine rings is 1. The van der Waals surface area contributed by atoms with Crippen molar-refractivity contribution < 1.29 is 9.53 Å². The van der Waals surface area contributed by atoms with E-state index in [0.29, 0.717) is 25.2 Å². The third kappa shape index (κ3) is 4.85. The number of carbonyl (C=O) groups is 1. The highest BCUT2D eigenvalue weighted by atomic mass is 16.6. The molecule has 1 unspecified atom stereocenters. The van der Waals surface area contributed by atoms with Crippen LogP contribution in [0.15, 0.2) is 60.7 Å². The third-order valence-electron chi connectivity index (χ3n) is 5.61.